The lowest BCUT2D eigenvalue weighted by atomic mass is 9.74. The highest BCUT2D eigenvalue weighted by Gasteiger charge is 2.53. The van der Waals surface area contributed by atoms with Crippen LogP contribution in [0, 0.1) is 11.3 Å². The minimum absolute atomic E-state index is 0.0778. The Hall–Kier alpha value is -1.15. The van der Waals surface area contributed by atoms with E-state index < -0.39 is 27.5 Å². The fourth-order valence-electron chi connectivity index (χ4n) is 3.34. The zero-order valence-electron chi connectivity index (χ0n) is 13.1. The van der Waals surface area contributed by atoms with Crippen molar-refractivity contribution >= 4 is 27.6 Å². The normalized spacial score (nSPS) is 28.7. The summed E-state index contributed by atoms with van der Waals surface area (Å²) in [5.41, 5.74) is -1.43. The molecule has 0 spiro atoms. The molecule has 3 rings (SSSR count). The number of nitrogens with zero attached hydrogens (tertiary/aromatic N) is 1. The van der Waals surface area contributed by atoms with Gasteiger partial charge >= 0.3 is 5.97 Å². The molecular formula is C16H20ClNO5S. The van der Waals surface area contributed by atoms with Crippen LogP contribution in [0.5, 0.6) is 0 Å². The molecule has 1 saturated heterocycles. The van der Waals surface area contributed by atoms with Crippen molar-refractivity contribution in [3.8, 4) is 0 Å². The first-order valence-electron chi connectivity index (χ1n) is 7.93. The van der Waals surface area contributed by atoms with Crippen LogP contribution in [-0.4, -0.2) is 48.1 Å². The molecule has 0 aromatic heterocycles. The van der Waals surface area contributed by atoms with Crippen LogP contribution >= 0.6 is 11.6 Å². The minimum atomic E-state index is -3.82. The van der Waals surface area contributed by atoms with Crippen LogP contribution in [0.4, 0.5) is 0 Å². The van der Waals surface area contributed by atoms with Crippen molar-refractivity contribution in [2.45, 2.75) is 36.7 Å². The first-order chi connectivity index (χ1) is 11.3. The van der Waals surface area contributed by atoms with Gasteiger partial charge in [0, 0.05) is 18.1 Å². The highest BCUT2D eigenvalue weighted by molar-refractivity contribution is 7.89. The van der Waals surface area contributed by atoms with Crippen molar-refractivity contribution in [1.29, 1.82) is 0 Å². The average molecular weight is 374 g/mol. The van der Waals surface area contributed by atoms with E-state index in [9.17, 15) is 23.4 Å². The Kier molecular flexibility index (Phi) is 4.63. The molecule has 0 radical (unpaired) electrons. The zero-order chi connectivity index (χ0) is 17.5. The fraction of sp³-hybridized carbons (Fsp3) is 0.562. The number of hydrogen-bond acceptors (Lipinski definition) is 4. The number of aliphatic carboxylic acids is 1. The maximum Gasteiger partial charge on any atom is 0.313 e. The van der Waals surface area contributed by atoms with Gasteiger partial charge in [-0.25, -0.2) is 8.42 Å². The van der Waals surface area contributed by atoms with Crippen LogP contribution in [0.25, 0.3) is 0 Å². The van der Waals surface area contributed by atoms with Crippen molar-refractivity contribution in [2.75, 3.05) is 13.1 Å². The molecule has 1 aliphatic heterocycles. The number of halogens is 1. The van der Waals surface area contributed by atoms with Gasteiger partial charge in [-0.15, -0.1) is 0 Å². The van der Waals surface area contributed by atoms with Gasteiger partial charge in [-0.3, -0.25) is 4.79 Å². The van der Waals surface area contributed by atoms with Crippen LogP contribution in [0.1, 0.15) is 25.7 Å². The largest absolute Gasteiger partial charge is 0.481 e. The summed E-state index contributed by atoms with van der Waals surface area (Å²) in [5, 5.41) is 20.5. The van der Waals surface area contributed by atoms with E-state index in [1.165, 1.54) is 28.6 Å². The van der Waals surface area contributed by atoms with Crippen LogP contribution in [-0.2, 0) is 14.8 Å². The van der Waals surface area contributed by atoms with E-state index in [-0.39, 0.29) is 30.3 Å². The smallest absolute Gasteiger partial charge is 0.313 e. The molecule has 0 unspecified atom stereocenters. The van der Waals surface area contributed by atoms with Gasteiger partial charge in [0.15, 0.2) is 0 Å². The Labute approximate surface area is 146 Å². The van der Waals surface area contributed by atoms with Gasteiger partial charge in [-0.05, 0) is 43.0 Å². The van der Waals surface area contributed by atoms with Crippen LogP contribution in [0.3, 0.4) is 0 Å². The third-order valence-electron chi connectivity index (χ3n) is 4.98. The van der Waals surface area contributed by atoms with Gasteiger partial charge in [0.2, 0.25) is 10.0 Å². The van der Waals surface area contributed by atoms with Crippen LogP contribution in [0.2, 0.25) is 5.02 Å². The molecule has 0 amide bonds. The number of aliphatic hydroxyl groups is 1. The van der Waals surface area contributed by atoms with Crippen molar-refractivity contribution in [3.05, 3.63) is 29.3 Å². The van der Waals surface area contributed by atoms with E-state index in [2.05, 4.69) is 0 Å². The molecule has 2 aliphatic rings. The number of carbonyl (C=O) groups is 1. The van der Waals surface area contributed by atoms with Crippen LogP contribution < -0.4 is 0 Å². The molecule has 132 valence electrons. The Morgan fingerprint density at radius 1 is 1.25 bits per heavy atom. The lowest BCUT2D eigenvalue weighted by Crippen LogP contribution is -2.57. The molecule has 2 atom stereocenters. The lowest BCUT2D eigenvalue weighted by Gasteiger charge is -2.42. The molecular weight excluding hydrogens is 354 g/mol. The molecule has 6 nitrogen and oxygen atoms in total. The predicted molar refractivity (Wildman–Crippen MR) is 88.2 cm³/mol. The van der Waals surface area contributed by atoms with Gasteiger partial charge < -0.3 is 10.2 Å². The molecule has 2 fully saturated rings. The van der Waals surface area contributed by atoms with E-state index in [1.54, 1.807) is 0 Å². The van der Waals surface area contributed by atoms with E-state index in [4.69, 9.17) is 11.6 Å². The molecule has 2 N–H and O–H groups in total. The fourth-order valence-corrected chi connectivity index (χ4v) is 4.99. The Morgan fingerprint density at radius 3 is 2.42 bits per heavy atom. The van der Waals surface area contributed by atoms with Crippen LogP contribution in [0.15, 0.2) is 29.2 Å². The average Bonchev–Trinajstić information content (AvgIpc) is 3.33. The summed E-state index contributed by atoms with van der Waals surface area (Å²) in [6.45, 7) is -0.100. The summed E-state index contributed by atoms with van der Waals surface area (Å²) in [4.78, 5) is 12.0. The molecule has 1 heterocycles. The first-order valence-corrected chi connectivity index (χ1v) is 9.75. The quantitative estimate of drug-likeness (QED) is 0.822. The van der Waals surface area contributed by atoms with Crippen molar-refractivity contribution in [1.82, 2.24) is 4.31 Å². The molecule has 24 heavy (non-hydrogen) atoms. The van der Waals surface area contributed by atoms with Crippen molar-refractivity contribution < 1.29 is 23.4 Å². The number of piperidine rings is 1. The summed E-state index contributed by atoms with van der Waals surface area (Å²) >= 11 is 5.80. The number of carboxylic acids is 1. The van der Waals surface area contributed by atoms with Crippen molar-refractivity contribution in [2.24, 2.45) is 11.3 Å². The minimum Gasteiger partial charge on any atom is -0.481 e. The van der Waals surface area contributed by atoms with Gasteiger partial charge in [0.05, 0.1) is 11.0 Å². The maximum absolute atomic E-state index is 12.8. The summed E-state index contributed by atoms with van der Waals surface area (Å²) in [6, 6.07) is 5.79. The Bertz CT molecular complexity index is 731. The third-order valence-corrected chi connectivity index (χ3v) is 7.09. The van der Waals surface area contributed by atoms with E-state index in [1.807, 2.05) is 0 Å². The second-order valence-corrected chi connectivity index (χ2v) is 9.08. The molecule has 1 aromatic rings. The van der Waals surface area contributed by atoms with Gasteiger partial charge in [0.25, 0.3) is 0 Å². The SMILES string of the molecule is O=C(O)[C@@]1(CC2CC2)CN(S(=O)(=O)c2ccc(Cl)cc2)CC[C@@H]1O. The maximum atomic E-state index is 12.8. The predicted octanol–water partition coefficient (Wildman–Crippen LogP) is 1.97. The highest BCUT2D eigenvalue weighted by Crippen LogP contribution is 2.45. The third kappa shape index (κ3) is 3.18. The molecule has 1 aliphatic carbocycles. The van der Waals surface area contributed by atoms with E-state index in [0.29, 0.717) is 11.4 Å². The van der Waals surface area contributed by atoms with Gasteiger partial charge in [-0.1, -0.05) is 24.4 Å². The number of hydrogen-bond donors (Lipinski definition) is 2. The summed E-state index contributed by atoms with van der Waals surface area (Å²) < 4.78 is 26.8. The number of sulfonamides is 1. The van der Waals surface area contributed by atoms with E-state index >= 15 is 0 Å². The molecule has 8 heteroatoms. The second kappa shape index (κ2) is 6.29. The molecule has 0 bridgehead atoms. The number of carboxylic acid groups (broad SMARTS) is 1. The summed E-state index contributed by atoms with van der Waals surface area (Å²) in [7, 11) is -3.82. The summed E-state index contributed by atoms with van der Waals surface area (Å²) in [5.74, 6) is -0.869. The first kappa shape index (κ1) is 17.7. The van der Waals surface area contributed by atoms with E-state index in [0.717, 1.165) is 12.8 Å². The van der Waals surface area contributed by atoms with Crippen molar-refractivity contribution in [3.63, 3.8) is 0 Å². The van der Waals surface area contributed by atoms with Gasteiger partial charge in [0.1, 0.15) is 5.41 Å². The standard InChI is InChI=1S/C16H20ClNO5S/c17-12-3-5-13(6-4-12)24(22,23)18-8-7-14(19)16(10-18,15(20)21)9-11-1-2-11/h3-6,11,14,19H,1-2,7-10H2,(H,20,21)/t14-,16-/m0/s1. The highest BCUT2D eigenvalue weighted by atomic mass is 35.5. The Balaban J connectivity index is 1.91. The number of rotatable bonds is 5. The monoisotopic (exact) mass is 373 g/mol. The Morgan fingerprint density at radius 2 is 1.88 bits per heavy atom. The number of benzene rings is 1. The van der Waals surface area contributed by atoms with Gasteiger partial charge in [-0.2, -0.15) is 4.31 Å². The lowest BCUT2D eigenvalue weighted by molar-refractivity contribution is -0.162. The number of aliphatic hydroxyl groups excluding tert-OH is 1. The molecule has 1 aromatic carbocycles. The molecule has 1 saturated carbocycles. The topological polar surface area (TPSA) is 94.9 Å². The zero-order valence-corrected chi connectivity index (χ0v) is 14.6. The second-order valence-electron chi connectivity index (χ2n) is 6.71. The summed E-state index contributed by atoms with van der Waals surface area (Å²) in [6.07, 6.45) is 1.27.